The number of carbonyl (C=O) groups is 1. The molecule has 0 radical (unpaired) electrons. The van der Waals surface area contributed by atoms with Crippen LogP contribution in [-0.4, -0.2) is 51.8 Å². The molecule has 0 bridgehead atoms. The molecule has 1 aliphatic heterocycles. The summed E-state index contributed by atoms with van der Waals surface area (Å²) in [5.74, 6) is 1.43. The van der Waals surface area contributed by atoms with Crippen molar-refractivity contribution in [1.82, 2.24) is 5.32 Å². The minimum absolute atomic E-state index is 0.0388. The van der Waals surface area contributed by atoms with E-state index in [1.165, 1.54) is 10.5 Å². The molecule has 1 heterocycles. The standard InChI is InChI=1S/C24H33N3O2/c1-4-20(21-10-6-5-7-11-21)18-25-24(28)19(2)26-14-16-27(17-15-26)22-12-8-9-13-23(22)29-3/h5-13,19-20H,4,14-18H2,1-3H3,(H,25,28)/p+1/t19-,20+/m1/s1. The normalized spacial score (nSPS) is 16.9. The van der Waals surface area contributed by atoms with E-state index in [2.05, 4.69) is 47.5 Å². The van der Waals surface area contributed by atoms with Crippen LogP contribution in [0.1, 0.15) is 31.7 Å². The topological polar surface area (TPSA) is 46.0 Å². The zero-order valence-electron chi connectivity index (χ0n) is 17.9. The summed E-state index contributed by atoms with van der Waals surface area (Å²) in [5, 5.41) is 3.20. The summed E-state index contributed by atoms with van der Waals surface area (Å²) in [4.78, 5) is 16.5. The molecule has 1 saturated heterocycles. The second-order valence-corrected chi connectivity index (χ2v) is 7.80. The van der Waals surface area contributed by atoms with Crippen molar-refractivity contribution < 1.29 is 14.4 Å². The molecule has 2 aromatic rings. The van der Waals surface area contributed by atoms with Crippen LogP contribution in [0.25, 0.3) is 0 Å². The van der Waals surface area contributed by atoms with Gasteiger partial charge in [0.1, 0.15) is 5.75 Å². The van der Waals surface area contributed by atoms with Crippen molar-refractivity contribution >= 4 is 11.6 Å². The molecule has 2 atom stereocenters. The van der Waals surface area contributed by atoms with E-state index in [-0.39, 0.29) is 11.9 Å². The number of piperazine rings is 1. The zero-order chi connectivity index (χ0) is 20.6. The number of carbonyl (C=O) groups excluding carboxylic acids is 1. The number of ether oxygens (including phenoxy) is 1. The fourth-order valence-corrected chi connectivity index (χ4v) is 4.14. The molecule has 5 nitrogen and oxygen atoms in total. The summed E-state index contributed by atoms with van der Waals surface area (Å²) in [5.41, 5.74) is 2.43. The van der Waals surface area contributed by atoms with Crippen molar-refractivity contribution in [3.63, 3.8) is 0 Å². The Morgan fingerprint density at radius 1 is 1.10 bits per heavy atom. The highest BCUT2D eigenvalue weighted by atomic mass is 16.5. The summed E-state index contributed by atoms with van der Waals surface area (Å²) in [7, 11) is 1.71. The molecule has 3 rings (SSSR count). The van der Waals surface area contributed by atoms with E-state index in [0.717, 1.165) is 44.0 Å². The molecule has 5 heteroatoms. The molecule has 0 aromatic heterocycles. The van der Waals surface area contributed by atoms with Crippen LogP contribution in [0, 0.1) is 0 Å². The van der Waals surface area contributed by atoms with Gasteiger partial charge in [-0.05, 0) is 31.0 Å². The van der Waals surface area contributed by atoms with E-state index in [1.807, 2.05) is 31.2 Å². The Morgan fingerprint density at radius 3 is 2.41 bits per heavy atom. The van der Waals surface area contributed by atoms with Gasteiger partial charge in [-0.15, -0.1) is 0 Å². The number of rotatable bonds is 8. The lowest BCUT2D eigenvalue weighted by Crippen LogP contribution is -3.19. The van der Waals surface area contributed by atoms with Crippen molar-refractivity contribution in [1.29, 1.82) is 0 Å². The summed E-state index contributed by atoms with van der Waals surface area (Å²) < 4.78 is 5.50. The van der Waals surface area contributed by atoms with E-state index >= 15 is 0 Å². The Balaban J connectivity index is 1.51. The minimum Gasteiger partial charge on any atom is -0.495 e. The molecule has 1 amide bonds. The average molecular weight is 397 g/mol. The van der Waals surface area contributed by atoms with Crippen LogP contribution >= 0.6 is 0 Å². The Bertz CT molecular complexity index is 773. The SMILES string of the molecule is CC[C@@H](CNC(=O)[C@@H](C)[NH+]1CCN(c2ccccc2OC)CC1)c1ccccc1. The molecule has 0 spiro atoms. The van der Waals surface area contributed by atoms with Crippen LogP contribution in [0.2, 0.25) is 0 Å². The van der Waals surface area contributed by atoms with Crippen molar-refractivity contribution in [3.05, 3.63) is 60.2 Å². The molecule has 0 saturated carbocycles. The minimum atomic E-state index is -0.0388. The second kappa shape index (κ2) is 10.3. The van der Waals surface area contributed by atoms with Crippen molar-refractivity contribution in [2.75, 3.05) is 44.7 Å². The molecular weight excluding hydrogens is 362 g/mol. The first-order valence-corrected chi connectivity index (χ1v) is 10.7. The molecule has 0 unspecified atom stereocenters. The van der Waals surface area contributed by atoms with Gasteiger partial charge in [0.15, 0.2) is 6.04 Å². The van der Waals surface area contributed by atoms with Gasteiger partial charge in [0, 0.05) is 12.5 Å². The van der Waals surface area contributed by atoms with Crippen molar-refractivity contribution in [2.45, 2.75) is 32.2 Å². The quantitative estimate of drug-likeness (QED) is 0.718. The number of hydrogen-bond donors (Lipinski definition) is 2. The highest BCUT2D eigenvalue weighted by molar-refractivity contribution is 5.80. The fourth-order valence-electron chi connectivity index (χ4n) is 4.14. The predicted molar refractivity (Wildman–Crippen MR) is 118 cm³/mol. The lowest BCUT2D eigenvalue weighted by Gasteiger charge is -2.36. The van der Waals surface area contributed by atoms with Crippen LogP contribution in [0.3, 0.4) is 0 Å². The Morgan fingerprint density at radius 2 is 1.76 bits per heavy atom. The highest BCUT2D eigenvalue weighted by Gasteiger charge is 2.30. The predicted octanol–water partition coefficient (Wildman–Crippen LogP) is 2.10. The zero-order valence-corrected chi connectivity index (χ0v) is 17.9. The molecular formula is C24H34N3O2+. The molecule has 0 aliphatic carbocycles. The second-order valence-electron chi connectivity index (χ2n) is 7.80. The van der Waals surface area contributed by atoms with Gasteiger partial charge in [-0.25, -0.2) is 0 Å². The number of nitrogens with zero attached hydrogens (tertiary/aromatic N) is 1. The van der Waals surface area contributed by atoms with Crippen LogP contribution in [0.5, 0.6) is 5.75 Å². The molecule has 1 aliphatic rings. The highest BCUT2D eigenvalue weighted by Crippen LogP contribution is 2.27. The number of nitrogens with one attached hydrogen (secondary N) is 2. The maximum absolute atomic E-state index is 12.8. The van der Waals surface area contributed by atoms with Gasteiger partial charge in [0.05, 0.1) is 39.0 Å². The monoisotopic (exact) mass is 396 g/mol. The van der Waals surface area contributed by atoms with Crippen LogP contribution in [-0.2, 0) is 4.79 Å². The fraction of sp³-hybridized carbons (Fsp3) is 0.458. The number of methoxy groups -OCH3 is 1. The van der Waals surface area contributed by atoms with Gasteiger partial charge >= 0.3 is 0 Å². The number of benzene rings is 2. The lowest BCUT2D eigenvalue weighted by atomic mass is 9.96. The summed E-state index contributed by atoms with van der Waals surface area (Å²) in [6.07, 6.45) is 1.02. The third kappa shape index (κ3) is 5.30. The van der Waals surface area contributed by atoms with E-state index in [1.54, 1.807) is 7.11 Å². The van der Waals surface area contributed by atoms with E-state index in [0.29, 0.717) is 12.5 Å². The van der Waals surface area contributed by atoms with Gasteiger partial charge in [0.2, 0.25) is 0 Å². The van der Waals surface area contributed by atoms with Gasteiger partial charge < -0.3 is 19.9 Å². The molecule has 156 valence electrons. The summed E-state index contributed by atoms with van der Waals surface area (Å²) >= 11 is 0. The number of quaternary nitrogens is 1. The van der Waals surface area contributed by atoms with E-state index < -0.39 is 0 Å². The first-order chi connectivity index (χ1) is 14.1. The lowest BCUT2D eigenvalue weighted by molar-refractivity contribution is -0.914. The Hall–Kier alpha value is -2.53. The third-order valence-electron chi connectivity index (χ3n) is 6.12. The van der Waals surface area contributed by atoms with Gasteiger partial charge in [0.25, 0.3) is 5.91 Å². The Labute approximate surface area is 174 Å². The van der Waals surface area contributed by atoms with E-state index in [4.69, 9.17) is 4.74 Å². The Kier molecular flexibility index (Phi) is 7.53. The van der Waals surface area contributed by atoms with Gasteiger partial charge in [-0.1, -0.05) is 49.4 Å². The van der Waals surface area contributed by atoms with Crippen LogP contribution in [0.15, 0.2) is 54.6 Å². The number of amides is 1. The maximum Gasteiger partial charge on any atom is 0.278 e. The third-order valence-corrected chi connectivity index (χ3v) is 6.12. The number of hydrogen-bond acceptors (Lipinski definition) is 3. The van der Waals surface area contributed by atoms with E-state index in [9.17, 15) is 4.79 Å². The van der Waals surface area contributed by atoms with Crippen LogP contribution < -0.4 is 19.9 Å². The van der Waals surface area contributed by atoms with Gasteiger partial charge in [-0.2, -0.15) is 0 Å². The largest absolute Gasteiger partial charge is 0.495 e. The van der Waals surface area contributed by atoms with Crippen LogP contribution in [0.4, 0.5) is 5.69 Å². The summed E-state index contributed by atoms with van der Waals surface area (Å²) in [6, 6.07) is 18.6. The average Bonchev–Trinajstić information content (AvgIpc) is 2.79. The van der Waals surface area contributed by atoms with Crippen molar-refractivity contribution in [2.24, 2.45) is 0 Å². The number of anilines is 1. The first kappa shape index (κ1) is 21.2. The maximum atomic E-state index is 12.8. The van der Waals surface area contributed by atoms with Crippen molar-refractivity contribution in [3.8, 4) is 5.75 Å². The molecule has 2 aromatic carbocycles. The smallest absolute Gasteiger partial charge is 0.278 e. The summed E-state index contributed by atoms with van der Waals surface area (Å²) in [6.45, 7) is 8.67. The van der Waals surface area contributed by atoms with Gasteiger partial charge in [-0.3, -0.25) is 4.79 Å². The molecule has 2 N–H and O–H groups in total. The first-order valence-electron chi connectivity index (χ1n) is 10.7. The molecule has 1 fully saturated rings. The molecule has 29 heavy (non-hydrogen) atoms. The number of para-hydroxylation sites is 2.